The summed E-state index contributed by atoms with van der Waals surface area (Å²) in [5, 5.41) is 4.68. The van der Waals surface area contributed by atoms with Gasteiger partial charge in [-0.25, -0.2) is 19.4 Å². The van der Waals surface area contributed by atoms with Crippen molar-refractivity contribution in [3.05, 3.63) is 48.8 Å². The minimum atomic E-state index is -4.68. The first kappa shape index (κ1) is 27.1. The molecule has 5 rings (SSSR count). The molecule has 0 spiro atoms. The van der Waals surface area contributed by atoms with Crippen molar-refractivity contribution in [2.75, 3.05) is 29.8 Å². The van der Waals surface area contributed by atoms with Crippen LogP contribution in [0.3, 0.4) is 0 Å². The van der Waals surface area contributed by atoms with Crippen LogP contribution in [-0.2, 0) is 23.2 Å². The molecule has 1 saturated carbocycles. The number of phosphoric acid groups is 1. The number of phosphoric ester groups is 1. The van der Waals surface area contributed by atoms with Crippen LogP contribution in [0.5, 0.6) is 0 Å². The predicted molar refractivity (Wildman–Crippen MR) is 145 cm³/mol. The number of aromatic nitrogens is 4. The Morgan fingerprint density at radius 2 is 2.05 bits per heavy atom. The molecule has 2 aliphatic rings. The van der Waals surface area contributed by atoms with Crippen LogP contribution in [0.2, 0.25) is 0 Å². The summed E-state index contributed by atoms with van der Waals surface area (Å²) in [6.45, 7) is 1.63. The van der Waals surface area contributed by atoms with Gasteiger partial charge in [0.1, 0.15) is 0 Å². The number of hydroxylamine groups is 1. The molecule has 0 radical (unpaired) electrons. The molecule has 1 unspecified atom stereocenters. The SMILES string of the molecule is CC[C@@H](C(=O)OP(=O)(O)OC[C@@H]1C=C[C@H](n2cnc3c(NC4CC4)nc(N)nc32)C1)N(OC)c1ccccc1. The molecule has 13 nitrogen and oxygen atoms in total. The number of fused-ring (bicyclic) bond motifs is 1. The minimum absolute atomic E-state index is 0.113. The quantitative estimate of drug-likeness (QED) is 0.168. The van der Waals surface area contributed by atoms with Crippen molar-refractivity contribution in [3.8, 4) is 0 Å². The number of benzene rings is 1. The molecular weight excluding hydrogens is 525 g/mol. The van der Waals surface area contributed by atoms with Crippen molar-refractivity contribution < 1.29 is 28.1 Å². The van der Waals surface area contributed by atoms with Gasteiger partial charge in [0.2, 0.25) is 5.95 Å². The molecule has 1 fully saturated rings. The van der Waals surface area contributed by atoms with E-state index in [0.717, 1.165) is 12.8 Å². The molecule has 14 heteroatoms. The van der Waals surface area contributed by atoms with Crippen LogP contribution in [0.15, 0.2) is 48.8 Å². The van der Waals surface area contributed by atoms with Crippen molar-refractivity contribution >= 4 is 42.4 Å². The van der Waals surface area contributed by atoms with Crippen molar-refractivity contribution in [3.63, 3.8) is 0 Å². The van der Waals surface area contributed by atoms with Gasteiger partial charge in [-0.05, 0) is 37.8 Å². The highest BCUT2D eigenvalue weighted by Gasteiger charge is 2.35. The second-order valence-corrected chi connectivity index (χ2v) is 10.9. The second-order valence-electron chi connectivity index (χ2n) is 9.56. The number of allylic oxidation sites excluding steroid dienone is 1. The Bertz CT molecular complexity index is 1400. The summed E-state index contributed by atoms with van der Waals surface area (Å²) in [6.07, 6.45) is 8.55. The fourth-order valence-corrected chi connectivity index (χ4v) is 5.37. The highest BCUT2D eigenvalue weighted by atomic mass is 31.2. The number of imidazole rings is 1. The number of nitrogens with two attached hydrogens (primary N) is 1. The summed E-state index contributed by atoms with van der Waals surface area (Å²) in [7, 11) is -3.27. The average Bonchev–Trinajstić information content (AvgIpc) is 3.42. The number of hydrogen-bond acceptors (Lipinski definition) is 11. The van der Waals surface area contributed by atoms with E-state index in [4.69, 9.17) is 19.6 Å². The lowest BCUT2D eigenvalue weighted by Crippen LogP contribution is -2.41. The average molecular weight is 558 g/mol. The lowest BCUT2D eigenvalue weighted by Gasteiger charge is -2.29. The van der Waals surface area contributed by atoms with Gasteiger partial charge in [-0.2, -0.15) is 9.97 Å². The molecular formula is C25H32N7O6P. The Balaban J connectivity index is 1.19. The molecule has 3 aromatic rings. The van der Waals surface area contributed by atoms with E-state index < -0.39 is 19.8 Å². The van der Waals surface area contributed by atoms with E-state index in [0.29, 0.717) is 35.1 Å². The summed E-state index contributed by atoms with van der Waals surface area (Å²) < 4.78 is 24.7. The Kier molecular flexibility index (Phi) is 7.85. The number of para-hydroxylation sites is 1. The molecule has 208 valence electrons. The molecule has 0 amide bonds. The van der Waals surface area contributed by atoms with Gasteiger partial charge < -0.3 is 20.1 Å². The van der Waals surface area contributed by atoms with Crippen LogP contribution in [-0.4, -0.2) is 56.2 Å². The summed E-state index contributed by atoms with van der Waals surface area (Å²) in [4.78, 5) is 41.6. The van der Waals surface area contributed by atoms with Gasteiger partial charge in [0.25, 0.3) is 0 Å². The fraction of sp³-hybridized carbons (Fsp3) is 0.440. The number of carbonyl (C=O) groups excluding carboxylic acids is 1. The first-order chi connectivity index (χ1) is 18.8. The van der Waals surface area contributed by atoms with Crippen LogP contribution in [0.25, 0.3) is 11.2 Å². The maximum atomic E-state index is 12.8. The zero-order chi connectivity index (χ0) is 27.6. The van der Waals surface area contributed by atoms with Crippen LogP contribution in [0.1, 0.15) is 38.6 Å². The molecule has 2 heterocycles. The third kappa shape index (κ3) is 6.22. The van der Waals surface area contributed by atoms with Gasteiger partial charge in [-0.15, -0.1) is 0 Å². The molecule has 39 heavy (non-hydrogen) atoms. The van der Waals surface area contributed by atoms with E-state index in [9.17, 15) is 14.3 Å². The third-order valence-electron chi connectivity index (χ3n) is 6.67. The first-order valence-electron chi connectivity index (χ1n) is 12.8. The van der Waals surface area contributed by atoms with Crippen molar-refractivity contribution in [1.82, 2.24) is 19.5 Å². The van der Waals surface area contributed by atoms with E-state index in [1.54, 1.807) is 37.5 Å². The van der Waals surface area contributed by atoms with Crippen LogP contribution in [0, 0.1) is 5.92 Å². The maximum absolute atomic E-state index is 12.8. The van der Waals surface area contributed by atoms with Gasteiger partial charge in [-0.1, -0.05) is 37.3 Å². The molecule has 0 saturated heterocycles. The number of rotatable bonds is 12. The number of carbonyl (C=O) groups is 1. The normalized spacial score (nSPS) is 21.0. The Morgan fingerprint density at radius 1 is 1.28 bits per heavy atom. The summed E-state index contributed by atoms with van der Waals surface area (Å²) in [6, 6.07) is 8.25. The zero-order valence-electron chi connectivity index (χ0n) is 21.7. The third-order valence-corrected chi connectivity index (χ3v) is 7.56. The number of nitrogen functional groups attached to an aromatic ring is 1. The summed E-state index contributed by atoms with van der Waals surface area (Å²) in [5.74, 6) is -0.349. The minimum Gasteiger partial charge on any atom is -0.369 e. The summed E-state index contributed by atoms with van der Waals surface area (Å²) >= 11 is 0. The van der Waals surface area contributed by atoms with Gasteiger partial charge >= 0.3 is 13.8 Å². The monoisotopic (exact) mass is 557 g/mol. The van der Waals surface area contributed by atoms with E-state index >= 15 is 0 Å². The lowest BCUT2D eigenvalue weighted by atomic mass is 10.1. The van der Waals surface area contributed by atoms with E-state index in [1.807, 2.05) is 22.8 Å². The summed E-state index contributed by atoms with van der Waals surface area (Å²) in [5.41, 5.74) is 7.80. The van der Waals surface area contributed by atoms with Gasteiger partial charge in [0, 0.05) is 12.0 Å². The molecule has 0 bridgehead atoms. The highest BCUT2D eigenvalue weighted by Crippen LogP contribution is 2.45. The fourth-order valence-electron chi connectivity index (χ4n) is 4.59. The standard InChI is InChI=1S/C25H32N7O6P/c1-3-20(32(36-2)18-7-5-4-6-8-18)24(33)38-39(34,35)37-14-16-9-12-19(13-16)31-15-27-21-22(28-17-10-11-17)29-25(26)30-23(21)31/h4-9,12,15-17,19-20H,3,10-11,13-14H2,1-2H3,(H,34,35)(H3,26,28,29,30)/t16-,19+,20+/m1/s1. The zero-order valence-corrected chi connectivity index (χ0v) is 22.6. The van der Waals surface area contributed by atoms with Crippen molar-refractivity contribution in [2.45, 2.75) is 50.7 Å². The van der Waals surface area contributed by atoms with Crippen LogP contribution in [0.4, 0.5) is 17.5 Å². The molecule has 0 aliphatic heterocycles. The smallest absolute Gasteiger partial charge is 0.369 e. The van der Waals surface area contributed by atoms with Gasteiger partial charge in [-0.3, -0.25) is 14.3 Å². The maximum Gasteiger partial charge on any atom is 0.529 e. The van der Waals surface area contributed by atoms with Gasteiger partial charge in [0.15, 0.2) is 23.0 Å². The number of nitrogens with zero attached hydrogens (tertiary/aromatic N) is 5. The second kappa shape index (κ2) is 11.3. The number of anilines is 3. The van der Waals surface area contributed by atoms with E-state index in [1.165, 1.54) is 12.2 Å². The highest BCUT2D eigenvalue weighted by molar-refractivity contribution is 7.48. The van der Waals surface area contributed by atoms with Crippen LogP contribution >= 0.6 is 7.82 Å². The first-order valence-corrected chi connectivity index (χ1v) is 14.3. The largest absolute Gasteiger partial charge is 0.529 e. The molecule has 2 aromatic heterocycles. The van der Waals surface area contributed by atoms with Crippen LogP contribution < -0.4 is 16.1 Å². The van der Waals surface area contributed by atoms with E-state index in [2.05, 4.69) is 20.3 Å². The predicted octanol–water partition coefficient (Wildman–Crippen LogP) is 3.61. The molecule has 1 aromatic carbocycles. The molecule has 4 atom stereocenters. The van der Waals surface area contributed by atoms with Crippen molar-refractivity contribution in [2.24, 2.45) is 5.92 Å². The Labute approximate surface area is 225 Å². The number of nitrogens with one attached hydrogen (secondary N) is 1. The molecule has 4 N–H and O–H groups in total. The van der Waals surface area contributed by atoms with E-state index in [-0.39, 0.29) is 30.9 Å². The number of hydrogen-bond donors (Lipinski definition) is 3. The Morgan fingerprint density at radius 3 is 2.74 bits per heavy atom. The lowest BCUT2D eigenvalue weighted by molar-refractivity contribution is -0.139. The van der Waals surface area contributed by atoms with Crippen molar-refractivity contribution in [1.29, 1.82) is 0 Å². The Hall–Kier alpha value is -3.51. The topological polar surface area (TPSA) is 167 Å². The van der Waals surface area contributed by atoms with Gasteiger partial charge in [0.05, 0.1) is 31.8 Å². The molecule has 2 aliphatic carbocycles.